The first-order valence-corrected chi connectivity index (χ1v) is 24.7. The summed E-state index contributed by atoms with van der Waals surface area (Å²) in [7, 11) is -1.25. The van der Waals surface area contributed by atoms with E-state index in [4.69, 9.17) is 16.2 Å². The molecule has 0 bridgehead atoms. The van der Waals surface area contributed by atoms with Gasteiger partial charge in [-0.15, -0.1) is 0 Å². The van der Waals surface area contributed by atoms with Crippen molar-refractivity contribution in [3.05, 3.63) is 89.5 Å². The van der Waals surface area contributed by atoms with Crippen LogP contribution in [-0.4, -0.2) is 116 Å². The Labute approximate surface area is 414 Å². The van der Waals surface area contributed by atoms with E-state index in [2.05, 4.69) is 32.6 Å². The number of urea groups is 1. The molecule has 0 aliphatic rings. The molecule has 5 unspecified atom stereocenters. The van der Waals surface area contributed by atoms with Gasteiger partial charge in [0.05, 0.1) is 11.8 Å². The lowest BCUT2D eigenvalue weighted by molar-refractivity contribution is -0.141. The normalized spacial score (nSPS) is 14.4. The van der Waals surface area contributed by atoms with Gasteiger partial charge in [-0.05, 0) is 82.1 Å². The highest BCUT2D eigenvalue weighted by Crippen LogP contribution is 2.32. The fourth-order valence-electron chi connectivity index (χ4n) is 7.42. The summed E-state index contributed by atoms with van der Waals surface area (Å²) in [5.74, 6) is -4.11. The van der Waals surface area contributed by atoms with Crippen LogP contribution in [0.4, 0.5) is 15.3 Å². The predicted octanol–water partition coefficient (Wildman–Crippen LogP) is 4.58. The molecule has 0 aliphatic heterocycles. The minimum absolute atomic E-state index is 0.0104. The van der Waals surface area contributed by atoms with E-state index in [1.165, 1.54) is 54.1 Å². The van der Waals surface area contributed by atoms with Crippen LogP contribution in [0.2, 0.25) is 0 Å². The van der Waals surface area contributed by atoms with Gasteiger partial charge < -0.3 is 42.4 Å². The highest BCUT2D eigenvalue weighted by molar-refractivity contribution is 7.89. The van der Waals surface area contributed by atoms with Crippen LogP contribution >= 0.6 is 0 Å². The molecule has 0 aliphatic carbocycles. The Balaban J connectivity index is 2.31. The van der Waals surface area contributed by atoms with Crippen LogP contribution < -0.4 is 37.5 Å². The van der Waals surface area contributed by atoms with Crippen LogP contribution in [-0.2, 0) is 49.9 Å². The molecule has 0 fully saturated rings. The first-order chi connectivity index (χ1) is 32.1. The van der Waals surface area contributed by atoms with Crippen molar-refractivity contribution < 1.29 is 46.7 Å². The Morgan fingerprint density at radius 2 is 1.39 bits per heavy atom. The monoisotopic (exact) mass is 996 g/mol. The van der Waals surface area contributed by atoms with Crippen molar-refractivity contribution in [3.63, 3.8) is 0 Å². The lowest BCUT2D eigenvalue weighted by atomic mass is 9.76. The highest BCUT2D eigenvalue weighted by atomic mass is 32.2. The summed E-state index contributed by atoms with van der Waals surface area (Å²) in [5, 5.41) is 10.7. The summed E-state index contributed by atoms with van der Waals surface area (Å²) in [5.41, 5.74) is 10.1. The average Bonchev–Trinajstić information content (AvgIpc) is 3.24. The van der Waals surface area contributed by atoms with E-state index in [0.717, 1.165) is 5.56 Å². The van der Waals surface area contributed by atoms with E-state index >= 15 is 0 Å². The van der Waals surface area contributed by atoms with Gasteiger partial charge in [-0.3, -0.25) is 28.9 Å². The quantitative estimate of drug-likeness (QED) is 0.0487. The number of sulfonamides is 1. The maximum Gasteiger partial charge on any atom is 0.410 e. The largest absolute Gasteiger partial charge is 0.444 e. The Bertz CT molecular complexity index is 2340. The topological polar surface area (TPSA) is 282 Å². The van der Waals surface area contributed by atoms with Gasteiger partial charge in [-0.2, -0.15) is 0 Å². The molecule has 2 rings (SSSR count). The Morgan fingerprint density at radius 1 is 0.814 bits per heavy atom. The molecule has 0 saturated carbocycles. The van der Waals surface area contributed by atoms with Gasteiger partial charge in [0, 0.05) is 37.3 Å². The summed E-state index contributed by atoms with van der Waals surface area (Å²) in [6, 6.07) is 9.19. The summed E-state index contributed by atoms with van der Waals surface area (Å²) < 4.78 is 34.4. The molecule has 0 heterocycles. The number of amides is 8. The molecule has 0 saturated heterocycles. The second-order valence-electron chi connectivity index (χ2n) is 20.6. The van der Waals surface area contributed by atoms with E-state index in [1.807, 2.05) is 58.0 Å². The van der Waals surface area contributed by atoms with Crippen molar-refractivity contribution in [1.82, 2.24) is 30.5 Å². The van der Waals surface area contributed by atoms with Crippen LogP contribution in [0.25, 0.3) is 0 Å². The zero-order chi connectivity index (χ0) is 53.7. The fraction of sp³-hybridized carbons (Fsp3) is 0.540. The number of anilines is 1. The summed E-state index contributed by atoms with van der Waals surface area (Å²) in [6.07, 6.45) is 1.19. The number of benzene rings is 2. The van der Waals surface area contributed by atoms with E-state index in [-0.39, 0.29) is 42.1 Å². The molecule has 5 atom stereocenters. The number of nitrogens with zero attached hydrogens (tertiary/aromatic N) is 2. The van der Waals surface area contributed by atoms with Gasteiger partial charge in [0.2, 0.25) is 33.7 Å². The third kappa shape index (κ3) is 18.2. The molecule has 0 spiro atoms. The number of primary amides is 1. The molecule has 388 valence electrons. The zero-order valence-electron chi connectivity index (χ0n) is 43.3. The molecule has 0 aromatic heterocycles. The molecule has 19 nitrogen and oxygen atoms in total. The first-order valence-electron chi connectivity index (χ1n) is 23.1. The summed E-state index contributed by atoms with van der Waals surface area (Å²) in [6.45, 7) is 24.7. The maximum atomic E-state index is 14.6. The molecule has 0 radical (unpaired) electrons. The van der Waals surface area contributed by atoms with Gasteiger partial charge in [0.1, 0.15) is 29.8 Å². The van der Waals surface area contributed by atoms with Crippen molar-refractivity contribution in [1.29, 1.82) is 0 Å². The minimum atomic E-state index is -4.28. The first kappa shape index (κ1) is 59.8. The van der Waals surface area contributed by atoms with Crippen LogP contribution in [0, 0.1) is 11.3 Å². The smallest absolute Gasteiger partial charge is 0.410 e. The maximum absolute atomic E-state index is 14.6. The SMILES string of the molecule is C=C(C)C(N)C(=O)NC(CCCNC(N)=O)C(=O)Nc1ccc(CS(=O)(=O)NC(=O)C(C)=CC(C(C)C)N(C)C(=O)C(NC(=O)C(N(C)C(=O)OC(C)(C)C)C(C)(C)c2ccccc2)C(C)(C)C)cc1. The fourth-order valence-corrected chi connectivity index (χ4v) is 8.57. The number of carbonyl (C=O) groups is 7. The number of nitrogens with one attached hydrogen (secondary N) is 5. The van der Waals surface area contributed by atoms with Gasteiger partial charge in [0.15, 0.2) is 0 Å². The van der Waals surface area contributed by atoms with Crippen molar-refractivity contribution >= 4 is 57.4 Å². The second kappa shape index (κ2) is 25.0. The Morgan fingerprint density at radius 3 is 1.89 bits per heavy atom. The molecule has 2 aromatic rings. The van der Waals surface area contributed by atoms with Crippen molar-refractivity contribution in [2.45, 2.75) is 143 Å². The van der Waals surface area contributed by atoms with Crippen molar-refractivity contribution in [3.8, 4) is 0 Å². The Kier molecular flexibility index (Phi) is 21.4. The van der Waals surface area contributed by atoms with E-state index < -0.39 is 104 Å². The summed E-state index contributed by atoms with van der Waals surface area (Å²) >= 11 is 0. The van der Waals surface area contributed by atoms with E-state index in [9.17, 15) is 42.0 Å². The van der Waals surface area contributed by atoms with Gasteiger partial charge in [-0.25, -0.2) is 22.7 Å². The van der Waals surface area contributed by atoms with Crippen LogP contribution in [0.5, 0.6) is 0 Å². The average molecular weight is 996 g/mol. The Hall–Kier alpha value is -6.28. The molecule has 2 aromatic carbocycles. The second-order valence-corrected chi connectivity index (χ2v) is 22.3. The molecule has 9 N–H and O–H groups in total. The minimum Gasteiger partial charge on any atom is -0.444 e. The number of likely N-dealkylation sites (N-methyl/N-ethyl adjacent to an activating group) is 2. The van der Waals surface area contributed by atoms with E-state index in [0.29, 0.717) is 5.57 Å². The lowest BCUT2D eigenvalue weighted by Crippen LogP contribution is -2.63. The van der Waals surface area contributed by atoms with Crippen LogP contribution in [0.3, 0.4) is 0 Å². The number of nitrogens with two attached hydrogens (primary N) is 2. The standard InChI is InChI=1S/C50H77N9O10S/c1-30(2)37(58(14)45(64)39(48(6,7)8)56-44(63)40(59(15)47(66)69-49(9,10)11)50(12,13)34-20-17-16-18-21-34)28-32(5)41(60)57-70(67,68)29-33-23-25-35(26-24-33)54-42(61)36(22-19-27-53-46(52)65)55-43(62)38(51)31(3)4/h16-18,20-21,23-26,28,30,36-40H,3,19,22,27,29,51H2,1-2,4-15H3,(H,54,61)(H,55,62)(H,56,63)(H,57,60)(H3,52,53,65). The molecule has 70 heavy (non-hydrogen) atoms. The van der Waals surface area contributed by atoms with Crippen molar-refractivity contribution in [2.75, 3.05) is 26.0 Å². The summed E-state index contributed by atoms with van der Waals surface area (Å²) in [4.78, 5) is 95.8. The van der Waals surface area contributed by atoms with Gasteiger partial charge in [0.25, 0.3) is 5.91 Å². The number of carbonyl (C=O) groups excluding carboxylic acids is 7. The number of hydrogen-bond donors (Lipinski definition) is 7. The van der Waals surface area contributed by atoms with Crippen molar-refractivity contribution in [2.24, 2.45) is 22.8 Å². The van der Waals surface area contributed by atoms with Gasteiger partial charge in [-0.1, -0.05) is 109 Å². The number of rotatable bonds is 22. The van der Waals surface area contributed by atoms with Crippen LogP contribution in [0.15, 0.2) is 78.4 Å². The van der Waals surface area contributed by atoms with Crippen LogP contribution in [0.1, 0.15) is 107 Å². The third-order valence-electron chi connectivity index (χ3n) is 11.4. The van der Waals surface area contributed by atoms with Gasteiger partial charge >= 0.3 is 12.1 Å². The molecule has 20 heteroatoms. The number of ether oxygens (including phenoxy) is 1. The van der Waals surface area contributed by atoms with E-state index in [1.54, 1.807) is 55.5 Å². The molecular formula is C50H77N9O10S. The highest BCUT2D eigenvalue weighted by Gasteiger charge is 2.46. The number of hydrogen-bond acceptors (Lipinski definition) is 11. The predicted molar refractivity (Wildman–Crippen MR) is 271 cm³/mol. The zero-order valence-corrected chi connectivity index (χ0v) is 44.1. The lowest BCUT2D eigenvalue weighted by Gasteiger charge is -2.42. The molecular weight excluding hydrogens is 919 g/mol. The molecule has 8 amide bonds. The third-order valence-corrected chi connectivity index (χ3v) is 12.6.